The van der Waals surface area contributed by atoms with Gasteiger partial charge in [0.15, 0.2) is 0 Å². The van der Waals surface area contributed by atoms with Crippen LogP contribution < -0.4 is 10.6 Å². The van der Waals surface area contributed by atoms with Crippen LogP contribution in [0.15, 0.2) is 10.3 Å². The Balaban J connectivity index is 3.91. The van der Waals surface area contributed by atoms with Crippen LogP contribution in [-0.4, -0.2) is 46.7 Å². The van der Waals surface area contributed by atoms with Crippen molar-refractivity contribution < 1.29 is 20.0 Å². The van der Waals surface area contributed by atoms with Crippen molar-refractivity contribution in [2.24, 2.45) is 10.3 Å². The Kier molecular flexibility index (Phi) is 7.47. The topological polar surface area (TPSA) is 171 Å². The fraction of sp³-hybridized carbons (Fsp3) is 0.333. The van der Waals surface area contributed by atoms with Gasteiger partial charge in [-0.15, -0.1) is 0 Å². The number of carbonyl (C=O) groups excluding carboxylic acids is 2. The van der Waals surface area contributed by atoms with E-state index in [0.29, 0.717) is 6.42 Å². The number of rotatable bonds is 6. The second kappa shape index (κ2) is 8.95. The maximum Gasteiger partial charge on any atom is 0.284 e. The molecule has 4 N–H and O–H groups in total. The number of nitrogens with one attached hydrogen (secondary N) is 2. The van der Waals surface area contributed by atoms with E-state index in [1.54, 1.807) is 0 Å². The highest BCUT2D eigenvalue weighted by molar-refractivity contribution is 6.45. The molecule has 10 heteroatoms. The molecule has 2 amide bonds. The Bertz CT molecular complexity index is 440. The van der Waals surface area contributed by atoms with E-state index < -0.39 is 23.2 Å². The minimum atomic E-state index is -0.842. The monoisotopic (exact) mass is 266 g/mol. The molecule has 19 heavy (non-hydrogen) atoms. The van der Waals surface area contributed by atoms with E-state index in [0.717, 1.165) is 0 Å². The van der Waals surface area contributed by atoms with Gasteiger partial charge in [0, 0.05) is 13.1 Å². The van der Waals surface area contributed by atoms with E-state index in [4.69, 9.17) is 20.9 Å². The molecule has 10 nitrogen and oxygen atoms in total. The van der Waals surface area contributed by atoms with Crippen LogP contribution in [0, 0.1) is 22.7 Å². The van der Waals surface area contributed by atoms with E-state index in [1.165, 1.54) is 12.1 Å². The quantitative estimate of drug-likeness (QED) is 0.193. The van der Waals surface area contributed by atoms with Gasteiger partial charge in [0.2, 0.25) is 11.4 Å². The number of hydrogen-bond donors (Lipinski definition) is 4. The first-order chi connectivity index (χ1) is 9.10. The normalized spacial score (nSPS) is 11.1. The summed E-state index contributed by atoms with van der Waals surface area (Å²) in [6.07, 6.45) is 0.297. The molecule has 0 rings (SSSR count). The van der Waals surface area contributed by atoms with Crippen LogP contribution in [0.4, 0.5) is 0 Å². The van der Waals surface area contributed by atoms with Crippen molar-refractivity contribution in [3.8, 4) is 12.1 Å². The van der Waals surface area contributed by atoms with Crippen LogP contribution in [0.5, 0.6) is 0 Å². The zero-order chi connectivity index (χ0) is 14.7. The molecule has 100 valence electrons. The van der Waals surface area contributed by atoms with Gasteiger partial charge in [-0.25, -0.2) is 0 Å². The maximum atomic E-state index is 11.1. The second-order valence-corrected chi connectivity index (χ2v) is 2.99. The standard InChI is InChI=1S/C9H10N6O4/c10-4-6(14-18)8(16)12-2-1-3-13-9(17)7(5-11)15-19/h18-19H,1-3H2,(H,12,16)(H,13,17)/b14-6+,15-7+. The van der Waals surface area contributed by atoms with Gasteiger partial charge in [-0.3, -0.25) is 9.59 Å². The summed E-state index contributed by atoms with van der Waals surface area (Å²) in [5.74, 6) is -1.68. The van der Waals surface area contributed by atoms with Crippen molar-refractivity contribution >= 4 is 23.2 Å². The zero-order valence-corrected chi connectivity index (χ0v) is 9.62. The lowest BCUT2D eigenvalue weighted by Gasteiger charge is -2.04. The summed E-state index contributed by atoms with van der Waals surface area (Å²) in [5, 5.41) is 42.7. The number of hydrogen-bond acceptors (Lipinski definition) is 8. The van der Waals surface area contributed by atoms with Crippen molar-refractivity contribution in [2.75, 3.05) is 13.1 Å². The number of carbonyl (C=O) groups is 2. The molecular formula is C9H10N6O4. The Labute approximate surface area is 107 Å². The van der Waals surface area contributed by atoms with Crippen LogP contribution in [0.2, 0.25) is 0 Å². The molecule has 0 aromatic heterocycles. The summed E-state index contributed by atoms with van der Waals surface area (Å²) in [6.45, 7) is 0.218. The van der Waals surface area contributed by atoms with Gasteiger partial charge in [-0.2, -0.15) is 10.5 Å². The van der Waals surface area contributed by atoms with E-state index in [1.807, 2.05) is 0 Å². The first kappa shape index (κ1) is 15.9. The average Bonchev–Trinajstić information content (AvgIpc) is 2.41. The van der Waals surface area contributed by atoms with Gasteiger partial charge in [0.25, 0.3) is 11.8 Å². The summed E-state index contributed by atoms with van der Waals surface area (Å²) >= 11 is 0. The lowest BCUT2D eigenvalue weighted by Crippen LogP contribution is -2.35. The van der Waals surface area contributed by atoms with Crippen molar-refractivity contribution in [1.29, 1.82) is 10.5 Å². The predicted octanol–water partition coefficient (Wildman–Crippen LogP) is -1.68. The van der Waals surface area contributed by atoms with Gasteiger partial charge in [0.1, 0.15) is 12.1 Å². The minimum Gasteiger partial charge on any atom is -0.410 e. The van der Waals surface area contributed by atoms with E-state index in [9.17, 15) is 9.59 Å². The number of nitrogens with zero attached hydrogens (tertiary/aromatic N) is 4. The molecule has 0 aliphatic rings. The summed E-state index contributed by atoms with van der Waals surface area (Å²) < 4.78 is 0. The highest BCUT2D eigenvalue weighted by Crippen LogP contribution is 1.80. The highest BCUT2D eigenvalue weighted by Gasteiger charge is 2.11. The third-order valence-electron chi connectivity index (χ3n) is 1.77. The Hall–Kier alpha value is -3.14. The smallest absolute Gasteiger partial charge is 0.284 e. The molecule has 0 aliphatic carbocycles. The Morgan fingerprint density at radius 2 is 1.32 bits per heavy atom. The van der Waals surface area contributed by atoms with Crippen LogP contribution in [-0.2, 0) is 9.59 Å². The fourth-order valence-electron chi connectivity index (χ4n) is 0.897. The van der Waals surface area contributed by atoms with Gasteiger partial charge in [0.05, 0.1) is 0 Å². The molecule has 0 aromatic rings. The van der Waals surface area contributed by atoms with Crippen LogP contribution in [0.25, 0.3) is 0 Å². The number of nitriles is 2. The summed E-state index contributed by atoms with van der Waals surface area (Å²) in [4.78, 5) is 22.2. The van der Waals surface area contributed by atoms with E-state index >= 15 is 0 Å². The molecule has 0 atom stereocenters. The molecule has 0 saturated carbocycles. The third-order valence-corrected chi connectivity index (χ3v) is 1.77. The lowest BCUT2D eigenvalue weighted by atomic mass is 10.3. The largest absolute Gasteiger partial charge is 0.410 e. The molecule has 0 unspecified atom stereocenters. The zero-order valence-electron chi connectivity index (χ0n) is 9.62. The molecule has 0 fully saturated rings. The SMILES string of the molecule is N#C/C(=N\O)C(=O)NCCCNC(=O)/C(C#N)=N/O. The van der Waals surface area contributed by atoms with E-state index in [2.05, 4.69) is 20.9 Å². The maximum absolute atomic E-state index is 11.1. The molecule has 0 bridgehead atoms. The second-order valence-electron chi connectivity index (χ2n) is 2.99. The third kappa shape index (κ3) is 5.65. The fourth-order valence-corrected chi connectivity index (χ4v) is 0.897. The summed E-state index contributed by atoms with van der Waals surface area (Å²) in [6, 6.07) is 2.76. The lowest BCUT2D eigenvalue weighted by molar-refractivity contribution is -0.115. The molecule has 0 radical (unpaired) electrons. The van der Waals surface area contributed by atoms with Gasteiger partial charge in [-0.1, -0.05) is 10.3 Å². The molecule has 0 heterocycles. The minimum absolute atomic E-state index is 0.109. The van der Waals surface area contributed by atoms with Crippen molar-refractivity contribution in [3.05, 3.63) is 0 Å². The summed E-state index contributed by atoms with van der Waals surface area (Å²) in [5.41, 5.74) is -1.36. The first-order valence-corrected chi connectivity index (χ1v) is 4.91. The van der Waals surface area contributed by atoms with Crippen LogP contribution in [0.1, 0.15) is 6.42 Å². The van der Waals surface area contributed by atoms with Gasteiger partial charge in [-0.05, 0) is 6.42 Å². The molecule has 0 saturated heterocycles. The molecule has 0 spiro atoms. The molecule has 0 aliphatic heterocycles. The molecule has 0 aromatic carbocycles. The number of amides is 2. The average molecular weight is 266 g/mol. The van der Waals surface area contributed by atoms with Crippen molar-refractivity contribution in [1.82, 2.24) is 10.6 Å². The van der Waals surface area contributed by atoms with Crippen molar-refractivity contribution in [3.63, 3.8) is 0 Å². The van der Waals surface area contributed by atoms with Gasteiger partial charge >= 0.3 is 0 Å². The summed E-state index contributed by atoms with van der Waals surface area (Å²) in [7, 11) is 0. The number of oxime groups is 2. The van der Waals surface area contributed by atoms with Crippen molar-refractivity contribution in [2.45, 2.75) is 6.42 Å². The Morgan fingerprint density at radius 3 is 1.58 bits per heavy atom. The predicted molar refractivity (Wildman–Crippen MR) is 60.3 cm³/mol. The van der Waals surface area contributed by atoms with Crippen LogP contribution >= 0.6 is 0 Å². The Morgan fingerprint density at radius 1 is 0.947 bits per heavy atom. The first-order valence-electron chi connectivity index (χ1n) is 4.91. The molecular weight excluding hydrogens is 256 g/mol. The van der Waals surface area contributed by atoms with Gasteiger partial charge < -0.3 is 21.0 Å². The van der Waals surface area contributed by atoms with E-state index in [-0.39, 0.29) is 13.1 Å². The van der Waals surface area contributed by atoms with Crippen LogP contribution in [0.3, 0.4) is 0 Å². The highest BCUT2D eigenvalue weighted by atomic mass is 16.4.